The number of ether oxygens (including phenoxy) is 1. The van der Waals surface area contributed by atoms with Crippen molar-refractivity contribution in [2.45, 2.75) is 13.3 Å². The van der Waals surface area contributed by atoms with Crippen LogP contribution in [0.3, 0.4) is 0 Å². The molecule has 0 unspecified atom stereocenters. The van der Waals surface area contributed by atoms with Crippen LogP contribution >= 0.6 is 0 Å². The predicted octanol–water partition coefficient (Wildman–Crippen LogP) is 1.39. The minimum absolute atomic E-state index is 0.0369. The fraction of sp³-hybridized carbons (Fsp3) is 0.429. The van der Waals surface area contributed by atoms with Crippen LogP contribution in [-0.4, -0.2) is 59.2 Å². The third kappa shape index (κ3) is 9.04. The maximum absolute atomic E-state index is 10.8. The number of aryl methyl sites for hydroxylation is 1. The van der Waals surface area contributed by atoms with E-state index in [1.54, 1.807) is 6.07 Å². The maximum Gasteiger partial charge on any atom is 0.414 e. The summed E-state index contributed by atoms with van der Waals surface area (Å²) < 4.78 is 5.44. The van der Waals surface area contributed by atoms with Crippen LogP contribution in [0.4, 0.5) is 5.69 Å². The summed E-state index contributed by atoms with van der Waals surface area (Å²) in [5, 5.41) is 25.6. The number of carboxylic acid groups (broad SMARTS) is 2. The molecule has 0 fully saturated rings. The number of hydrogen-bond donors (Lipinski definition) is 2. The average molecular weight is 328 g/mol. The Labute approximate surface area is 133 Å². The third-order valence-electron chi connectivity index (χ3n) is 2.50. The first-order valence-electron chi connectivity index (χ1n) is 6.64. The zero-order valence-electron chi connectivity index (χ0n) is 13.2. The van der Waals surface area contributed by atoms with Gasteiger partial charge in [-0.1, -0.05) is 6.07 Å². The van der Waals surface area contributed by atoms with Crippen LogP contribution in [0.15, 0.2) is 18.2 Å². The minimum Gasteiger partial charge on any atom is -0.487 e. The highest BCUT2D eigenvalue weighted by Gasteiger charge is 2.14. The topological polar surface area (TPSA) is 130 Å². The average Bonchev–Trinajstić information content (AvgIpc) is 2.44. The number of carboxylic acids is 2. The van der Waals surface area contributed by atoms with E-state index >= 15 is 0 Å². The largest absolute Gasteiger partial charge is 0.487 e. The van der Waals surface area contributed by atoms with E-state index in [0.717, 1.165) is 18.5 Å². The molecular formula is C14H20N2O7. The lowest BCUT2D eigenvalue weighted by Gasteiger charge is -2.10. The molecule has 2 N–H and O–H groups in total. The summed E-state index contributed by atoms with van der Waals surface area (Å²) in [6.45, 7) is 3.21. The normalized spacial score (nSPS) is 9.74. The summed E-state index contributed by atoms with van der Waals surface area (Å²) in [5.74, 6) is -3.30. The number of nitrogens with zero attached hydrogens (tertiary/aromatic N) is 2. The quantitative estimate of drug-likeness (QED) is 0.347. The Hall–Kier alpha value is -2.68. The number of nitro benzene ring substituents is 1. The zero-order chi connectivity index (χ0) is 18.0. The smallest absolute Gasteiger partial charge is 0.414 e. The predicted molar refractivity (Wildman–Crippen MR) is 81.8 cm³/mol. The second kappa shape index (κ2) is 10.1. The molecule has 0 saturated heterocycles. The Balaban J connectivity index is 0.000000688. The SMILES string of the molecule is Cc1ccc(OCCCN(C)C)c([N+](=O)[O-])c1.O=C(O)C(=O)O. The Bertz CT molecular complexity index is 546. The van der Waals surface area contributed by atoms with Gasteiger partial charge >= 0.3 is 17.6 Å². The molecule has 9 nitrogen and oxygen atoms in total. The molecule has 128 valence electrons. The molecule has 1 rings (SSSR count). The Morgan fingerprint density at radius 1 is 1.26 bits per heavy atom. The molecule has 1 aromatic rings. The van der Waals surface area contributed by atoms with Crippen molar-refractivity contribution in [2.24, 2.45) is 0 Å². The standard InChI is InChI=1S/C12H18N2O3.C2H2O4/c1-10-5-6-12(11(9-10)14(15)16)17-8-4-7-13(2)3;3-1(4)2(5)6/h5-6,9H,4,7-8H2,1-3H3;(H,3,4)(H,5,6). The van der Waals surface area contributed by atoms with Crippen LogP contribution in [0.5, 0.6) is 5.75 Å². The first kappa shape index (κ1) is 20.3. The van der Waals surface area contributed by atoms with E-state index in [9.17, 15) is 10.1 Å². The Morgan fingerprint density at radius 2 is 1.83 bits per heavy atom. The van der Waals surface area contributed by atoms with E-state index in [2.05, 4.69) is 0 Å². The third-order valence-corrected chi connectivity index (χ3v) is 2.50. The van der Waals surface area contributed by atoms with Gasteiger partial charge in [-0.05, 0) is 39.1 Å². The van der Waals surface area contributed by atoms with Crippen molar-refractivity contribution in [3.8, 4) is 5.75 Å². The van der Waals surface area contributed by atoms with E-state index < -0.39 is 16.9 Å². The Morgan fingerprint density at radius 3 is 2.26 bits per heavy atom. The Kier molecular flexibility index (Phi) is 8.94. The molecule has 0 amide bonds. The lowest BCUT2D eigenvalue weighted by molar-refractivity contribution is -0.385. The number of nitro groups is 1. The first-order chi connectivity index (χ1) is 10.6. The molecule has 0 aromatic heterocycles. The van der Waals surface area contributed by atoms with Gasteiger partial charge in [0.15, 0.2) is 5.75 Å². The number of rotatable bonds is 6. The van der Waals surface area contributed by atoms with Crippen molar-refractivity contribution >= 4 is 17.6 Å². The van der Waals surface area contributed by atoms with Gasteiger partial charge in [-0.2, -0.15) is 0 Å². The van der Waals surface area contributed by atoms with Crippen LogP contribution in [0.1, 0.15) is 12.0 Å². The second-order valence-corrected chi connectivity index (χ2v) is 4.84. The van der Waals surface area contributed by atoms with Crippen molar-refractivity contribution in [1.29, 1.82) is 0 Å². The van der Waals surface area contributed by atoms with E-state index in [0.29, 0.717) is 12.4 Å². The van der Waals surface area contributed by atoms with Gasteiger partial charge in [0, 0.05) is 12.6 Å². The van der Waals surface area contributed by atoms with Crippen molar-refractivity contribution in [3.05, 3.63) is 33.9 Å². The highest BCUT2D eigenvalue weighted by atomic mass is 16.6. The molecule has 23 heavy (non-hydrogen) atoms. The molecule has 0 saturated carbocycles. The lowest BCUT2D eigenvalue weighted by atomic mass is 10.2. The fourth-order valence-electron chi connectivity index (χ4n) is 1.46. The van der Waals surface area contributed by atoms with Gasteiger partial charge in [0.1, 0.15) is 0 Å². The van der Waals surface area contributed by atoms with Gasteiger partial charge < -0.3 is 19.8 Å². The number of aliphatic carboxylic acids is 2. The van der Waals surface area contributed by atoms with Crippen LogP contribution in [0, 0.1) is 17.0 Å². The summed E-state index contributed by atoms with van der Waals surface area (Å²) in [4.78, 5) is 30.7. The summed E-state index contributed by atoms with van der Waals surface area (Å²) in [6.07, 6.45) is 0.845. The van der Waals surface area contributed by atoms with Gasteiger partial charge in [-0.15, -0.1) is 0 Å². The van der Waals surface area contributed by atoms with E-state index in [1.807, 2.05) is 32.0 Å². The van der Waals surface area contributed by atoms with Crippen molar-refractivity contribution in [3.63, 3.8) is 0 Å². The molecular weight excluding hydrogens is 308 g/mol. The van der Waals surface area contributed by atoms with E-state index in [-0.39, 0.29) is 5.69 Å². The monoisotopic (exact) mass is 328 g/mol. The highest BCUT2D eigenvalue weighted by Crippen LogP contribution is 2.27. The summed E-state index contributed by atoms with van der Waals surface area (Å²) in [7, 11) is 3.96. The van der Waals surface area contributed by atoms with Gasteiger partial charge in [-0.25, -0.2) is 9.59 Å². The van der Waals surface area contributed by atoms with E-state index in [4.69, 9.17) is 24.5 Å². The van der Waals surface area contributed by atoms with Crippen molar-refractivity contribution in [1.82, 2.24) is 4.90 Å². The molecule has 0 radical (unpaired) electrons. The molecule has 0 aliphatic rings. The molecule has 1 aromatic carbocycles. The maximum atomic E-state index is 10.8. The highest BCUT2D eigenvalue weighted by molar-refractivity contribution is 6.27. The van der Waals surface area contributed by atoms with Gasteiger partial charge in [0.25, 0.3) is 0 Å². The van der Waals surface area contributed by atoms with Crippen LogP contribution < -0.4 is 4.74 Å². The summed E-state index contributed by atoms with van der Waals surface area (Å²) >= 11 is 0. The number of benzene rings is 1. The van der Waals surface area contributed by atoms with Gasteiger partial charge in [0.05, 0.1) is 11.5 Å². The second-order valence-electron chi connectivity index (χ2n) is 4.84. The molecule has 0 aliphatic heterocycles. The molecule has 0 spiro atoms. The van der Waals surface area contributed by atoms with Gasteiger partial charge in [0.2, 0.25) is 0 Å². The fourth-order valence-corrected chi connectivity index (χ4v) is 1.46. The molecule has 9 heteroatoms. The lowest BCUT2D eigenvalue weighted by Crippen LogP contribution is -2.15. The van der Waals surface area contributed by atoms with Crippen LogP contribution in [0.25, 0.3) is 0 Å². The number of hydrogen-bond acceptors (Lipinski definition) is 6. The summed E-state index contributed by atoms with van der Waals surface area (Å²) in [6, 6.07) is 5.00. The molecule has 0 heterocycles. The molecule has 0 aliphatic carbocycles. The van der Waals surface area contributed by atoms with Crippen molar-refractivity contribution in [2.75, 3.05) is 27.2 Å². The van der Waals surface area contributed by atoms with Crippen molar-refractivity contribution < 1.29 is 29.5 Å². The van der Waals surface area contributed by atoms with Crippen LogP contribution in [0.2, 0.25) is 0 Å². The zero-order valence-corrected chi connectivity index (χ0v) is 13.2. The van der Waals surface area contributed by atoms with Gasteiger partial charge in [-0.3, -0.25) is 10.1 Å². The molecule has 0 bridgehead atoms. The van der Waals surface area contributed by atoms with Crippen LogP contribution in [-0.2, 0) is 9.59 Å². The summed E-state index contributed by atoms with van der Waals surface area (Å²) in [5.41, 5.74) is 0.896. The number of carbonyl (C=O) groups is 2. The minimum atomic E-state index is -1.82. The first-order valence-corrected chi connectivity index (χ1v) is 6.64. The van der Waals surface area contributed by atoms with E-state index in [1.165, 1.54) is 6.07 Å². The molecule has 0 atom stereocenters.